The molecule has 5 nitrogen and oxygen atoms in total. The minimum absolute atomic E-state index is 0.0653. The van der Waals surface area contributed by atoms with Crippen LogP contribution in [0.5, 0.6) is 5.75 Å². The molecule has 0 heterocycles. The van der Waals surface area contributed by atoms with Crippen LogP contribution in [0.4, 0.5) is 5.69 Å². The van der Waals surface area contributed by atoms with Crippen molar-refractivity contribution in [3.63, 3.8) is 0 Å². The van der Waals surface area contributed by atoms with E-state index in [4.69, 9.17) is 4.74 Å². The number of aryl methyl sites for hydroxylation is 2. The molecular formula is C20H22N2O3. The highest BCUT2D eigenvalue weighted by molar-refractivity contribution is 5.97. The van der Waals surface area contributed by atoms with E-state index in [2.05, 4.69) is 16.7 Å². The monoisotopic (exact) mass is 338 g/mol. The highest BCUT2D eigenvalue weighted by atomic mass is 16.5. The summed E-state index contributed by atoms with van der Waals surface area (Å²) in [6, 6.07) is 12.8. The molecule has 0 saturated carbocycles. The van der Waals surface area contributed by atoms with E-state index >= 15 is 0 Å². The predicted molar refractivity (Wildman–Crippen MR) is 97.0 cm³/mol. The number of nitrogens with one attached hydrogen (secondary N) is 2. The molecule has 0 bridgehead atoms. The summed E-state index contributed by atoms with van der Waals surface area (Å²) in [6.07, 6.45) is 3.38. The number of fused-ring (bicyclic) bond motifs is 1. The van der Waals surface area contributed by atoms with Gasteiger partial charge in [-0.2, -0.15) is 0 Å². The number of anilines is 1. The first kappa shape index (κ1) is 17.0. The third-order valence-corrected chi connectivity index (χ3v) is 4.19. The Labute approximate surface area is 147 Å². The van der Waals surface area contributed by atoms with Gasteiger partial charge in [-0.3, -0.25) is 9.59 Å². The van der Waals surface area contributed by atoms with E-state index < -0.39 is 0 Å². The average Bonchev–Trinajstić information content (AvgIpc) is 3.08. The zero-order valence-corrected chi connectivity index (χ0v) is 14.3. The maximum absolute atomic E-state index is 12.1. The van der Waals surface area contributed by atoms with Gasteiger partial charge in [0.05, 0.1) is 0 Å². The second-order valence-corrected chi connectivity index (χ2v) is 6.06. The van der Waals surface area contributed by atoms with E-state index in [1.807, 2.05) is 19.1 Å². The third-order valence-electron chi connectivity index (χ3n) is 4.19. The van der Waals surface area contributed by atoms with Crippen LogP contribution in [-0.2, 0) is 17.6 Å². The van der Waals surface area contributed by atoms with Gasteiger partial charge in [-0.15, -0.1) is 0 Å². The molecule has 2 N–H and O–H groups in total. The lowest BCUT2D eigenvalue weighted by molar-refractivity contribution is -0.118. The van der Waals surface area contributed by atoms with Crippen LogP contribution in [0, 0.1) is 0 Å². The summed E-state index contributed by atoms with van der Waals surface area (Å²) in [7, 11) is 0. The molecule has 3 rings (SSSR count). The lowest BCUT2D eigenvalue weighted by Crippen LogP contribution is -2.23. The summed E-state index contributed by atoms with van der Waals surface area (Å²) in [5.74, 6) is 0.299. The smallest absolute Gasteiger partial charge is 0.262 e. The van der Waals surface area contributed by atoms with Gasteiger partial charge >= 0.3 is 0 Å². The highest BCUT2D eigenvalue weighted by Crippen LogP contribution is 2.26. The Kier molecular flexibility index (Phi) is 5.33. The first-order valence-electron chi connectivity index (χ1n) is 8.58. The van der Waals surface area contributed by atoms with E-state index in [0.29, 0.717) is 23.5 Å². The molecule has 2 amide bonds. The SMILES string of the molecule is CCNC(=O)c1cccc(NC(=O)COc2ccc3c(c2)CCC3)c1. The molecule has 0 aromatic heterocycles. The van der Waals surface area contributed by atoms with Crippen molar-refractivity contribution in [3.05, 3.63) is 59.2 Å². The molecule has 25 heavy (non-hydrogen) atoms. The largest absolute Gasteiger partial charge is 0.484 e. The fraction of sp³-hybridized carbons (Fsp3) is 0.300. The summed E-state index contributed by atoms with van der Waals surface area (Å²) in [4.78, 5) is 23.9. The number of rotatable bonds is 6. The summed E-state index contributed by atoms with van der Waals surface area (Å²) in [6.45, 7) is 2.36. The Bertz CT molecular complexity index is 786. The van der Waals surface area contributed by atoms with Crippen LogP contribution in [0.3, 0.4) is 0 Å². The number of amides is 2. The van der Waals surface area contributed by atoms with Gasteiger partial charge in [0.1, 0.15) is 5.75 Å². The minimum Gasteiger partial charge on any atom is -0.484 e. The van der Waals surface area contributed by atoms with Crippen LogP contribution in [0.1, 0.15) is 34.8 Å². The Balaban J connectivity index is 1.56. The fourth-order valence-corrected chi connectivity index (χ4v) is 2.98. The van der Waals surface area contributed by atoms with E-state index in [1.165, 1.54) is 17.5 Å². The predicted octanol–water partition coefficient (Wildman–Crippen LogP) is 2.94. The van der Waals surface area contributed by atoms with Crippen LogP contribution >= 0.6 is 0 Å². The van der Waals surface area contributed by atoms with Crippen LogP contribution in [0.25, 0.3) is 0 Å². The second kappa shape index (κ2) is 7.83. The van der Waals surface area contributed by atoms with E-state index in [9.17, 15) is 9.59 Å². The van der Waals surface area contributed by atoms with E-state index in [-0.39, 0.29) is 18.4 Å². The van der Waals surface area contributed by atoms with Crippen molar-refractivity contribution >= 4 is 17.5 Å². The molecule has 0 unspecified atom stereocenters. The van der Waals surface area contributed by atoms with Crippen molar-refractivity contribution in [2.24, 2.45) is 0 Å². The van der Waals surface area contributed by atoms with Gasteiger partial charge in [0.15, 0.2) is 6.61 Å². The maximum atomic E-state index is 12.1. The Morgan fingerprint density at radius 3 is 2.76 bits per heavy atom. The van der Waals surface area contributed by atoms with Crippen molar-refractivity contribution in [2.45, 2.75) is 26.2 Å². The van der Waals surface area contributed by atoms with Crippen molar-refractivity contribution in [2.75, 3.05) is 18.5 Å². The molecule has 1 aliphatic carbocycles. The summed E-state index contributed by atoms with van der Waals surface area (Å²) in [5.41, 5.74) is 3.78. The van der Waals surface area contributed by atoms with Crippen LogP contribution < -0.4 is 15.4 Å². The molecule has 0 atom stereocenters. The van der Waals surface area contributed by atoms with E-state index in [0.717, 1.165) is 12.8 Å². The molecule has 2 aromatic rings. The number of hydrogen-bond acceptors (Lipinski definition) is 3. The van der Waals surface area contributed by atoms with Crippen molar-refractivity contribution in [3.8, 4) is 5.75 Å². The summed E-state index contributed by atoms with van der Waals surface area (Å²) < 4.78 is 5.59. The first-order valence-corrected chi connectivity index (χ1v) is 8.58. The first-order chi connectivity index (χ1) is 12.2. The molecule has 5 heteroatoms. The zero-order valence-electron chi connectivity index (χ0n) is 14.3. The quantitative estimate of drug-likeness (QED) is 0.851. The summed E-state index contributed by atoms with van der Waals surface area (Å²) in [5, 5.41) is 5.49. The highest BCUT2D eigenvalue weighted by Gasteiger charge is 2.12. The Morgan fingerprint density at radius 2 is 1.92 bits per heavy atom. The van der Waals surface area contributed by atoms with Gasteiger partial charge in [0.25, 0.3) is 11.8 Å². The number of benzene rings is 2. The number of carbonyl (C=O) groups excluding carboxylic acids is 2. The standard InChI is InChI=1S/C20H22N2O3/c1-2-21-20(24)16-7-4-8-17(11-16)22-19(23)13-25-18-10-9-14-5-3-6-15(14)12-18/h4,7-12H,2-3,5-6,13H2,1H3,(H,21,24)(H,22,23). The summed E-state index contributed by atoms with van der Waals surface area (Å²) >= 11 is 0. The number of hydrogen-bond donors (Lipinski definition) is 2. The lowest BCUT2D eigenvalue weighted by atomic mass is 10.1. The second-order valence-electron chi connectivity index (χ2n) is 6.06. The molecule has 2 aromatic carbocycles. The molecule has 0 spiro atoms. The Hall–Kier alpha value is -2.82. The van der Waals surface area contributed by atoms with Crippen LogP contribution in [0.15, 0.2) is 42.5 Å². The van der Waals surface area contributed by atoms with Gasteiger partial charge in [-0.25, -0.2) is 0 Å². The molecule has 130 valence electrons. The van der Waals surface area contributed by atoms with Crippen molar-refractivity contribution < 1.29 is 14.3 Å². The minimum atomic E-state index is -0.256. The van der Waals surface area contributed by atoms with Gasteiger partial charge < -0.3 is 15.4 Å². The van der Waals surface area contributed by atoms with Crippen LogP contribution in [0.2, 0.25) is 0 Å². The van der Waals surface area contributed by atoms with Crippen molar-refractivity contribution in [1.82, 2.24) is 5.32 Å². The van der Waals surface area contributed by atoms with Gasteiger partial charge in [0, 0.05) is 17.8 Å². The lowest BCUT2D eigenvalue weighted by Gasteiger charge is -2.10. The Morgan fingerprint density at radius 1 is 1.08 bits per heavy atom. The number of carbonyl (C=O) groups is 2. The molecule has 0 fully saturated rings. The molecular weight excluding hydrogens is 316 g/mol. The zero-order chi connectivity index (χ0) is 17.6. The molecule has 0 aliphatic heterocycles. The normalized spacial score (nSPS) is 12.4. The average molecular weight is 338 g/mol. The maximum Gasteiger partial charge on any atom is 0.262 e. The molecule has 0 radical (unpaired) electrons. The fourth-order valence-electron chi connectivity index (χ4n) is 2.98. The van der Waals surface area contributed by atoms with Crippen molar-refractivity contribution in [1.29, 1.82) is 0 Å². The van der Waals surface area contributed by atoms with Gasteiger partial charge in [-0.1, -0.05) is 12.1 Å². The van der Waals surface area contributed by atoms with Gasteiger partial charge in [0.2, 0.25) is 0 Å². The third kappa shape index (κ3) is 4.38. The molecule has 1 aliphatic rings. The van der Waals surface area contributed by atoms with E-state index in [1.54, 1.807) is 24.3 Å². The van der Waals surface area contributed by atoms with Crippen LogP contribution in [-0.4, -0.2) is 25.0 Å². The number of ether oxygens (including phenoxy) is 1. The molecule has 0 saturated heterocycles. The van der Waals surface area contributed by atoms with Gasteiger partial charge in [-0.05, 0) is 67.6 Å². The topological polar surface area (TPSA) is 67.4 Å².